The summed E-state index contributed by atoms with van der Waals surface area (Å²) in [6.07, 6.45) is 0.477. The molecule has 2 nitrogen and oxygen atoms in total. The van der Waals surface area contributed by atoms with E-state index in [0.717, 1.165) is 6.07 Å². The van der Waals surface area contributed by atoms with Crippen molar-refractivity contribution in [3.05, 3.63) is 28.0 Å². The first kappa shape index (κ1) is 14.9. The highest BCUT2D eigenvalue weighted by atomic mass is 32.2. The molecule has 0 saturated carbocycles. The van der Waals surface area contributed by atoms with Gasteiger partial charge in [0.25, 0.3) is 0 Å². The van der Waals surface area contributed by atoms with Gasteiger partial charge in [0.2, 0.25) is 0 Å². The summed E-state index contributed by atoms with van der Waals surface area (Å²) in [7, 11) is 0. The van der Waals surface area contributed by atoms with Crippen LogP contribution in [0.4, 0.5) is 13.2 Å². The average Bonchev–Trinajstić information content (AvgIpc) is 2.86. The number of hydrogen-bond acceptors (Lipinski definition) is 4. The highest BCUT2D eigenvalue weighted by molar-refractivity contribution is 7.99. The molecule has 0 atom stereocenters. The van der Waals surface area contributed by atoms with Crippen LogP contribution >= 0.6 is 23.1 Å². The normalized spacial score (nSPS) is 25.1. The van der Waals surface area contributed by atoms with E-state index >= 15 is 0 Å². The van der Waals surface area contributed by atoms with E-state index in [2.05, 4.69) is 0 Å². The molecular formula is C12H13F3O2S2. The van der Waals surface area contributed by atoms with Gasteiger partial charge in [0.05, 0.1) is 18.5 Å². The number of alkyl halides is 3. The van der Waals surface area contributed by atoms with Crippen LogP contribution in [0.5, 0.6) is 0 Å². The summed E-state index contributed by atoms with van der Waals surface area (Å²) in [5.74, 6) is 0. The Balaban J connectivity index is 1.91. The monoisotopic (exact) mass is 310 g/mol. The SMILES string of the molecule is CSC1COC(C=Cc2ccc(C(F)(F)F)s2)OC1. The summed E-state index contributed by atoms with van der Waals surface area (Å²) < 4.78 is 48.1. The molecule has 0 aliphatic carbocycles. The third-order valence-electron chi connectivity index (χ3n) is 2.55. The van der Waals surface area contributed by atoms with Crippen molar-refractivity contribution in [2.75, 3.05) is 19.5 Å². The highest BCUT2D eigenvalue weighted by Gasteiger charge is 2.32. The zero-order valence-electron chi connectivity index (χ0n) is 10.1. The molecule has 0 aromatic carbocycles. The summed E-state index contributed by atoms with van der Waals surface area (Å²) in [5.41, 5.74) is 0. The van der Waals surface area contributed by atoms with Gasteiger partial charge in [-0.25, -0.2) is 0 Å². The summed E-state index contributed by atoms with van der Waals surface area (Å²) in [6.45, 7) is 1.18. The first-order chi connectivity index (χ1) is 8.99. The molecule has 2 heterocycles. The Morgan fingerprint density at radius 3 is 2.53 bits per heavy atom. The standard InChI is InChI=1S/C12H13F3O2S2/c1-18-9-6-16-11(17-7-9)5-3-8-2-4-10(19-8)12(13,14)15/h2-5,9,11H,6-7H2,1H3. The number of thiophene rings is 1. The molecule has 0 N–H and O–H groups in total. The Bertz CT molecular complexity index is 434. The van der Waals surface area contributed by atoms with Crippen molar-refractivity contribution in [3.63, 3.8) is 0 Å². The van der Waals surface area contributed by atoms with E-state index in [0.29, 0.717) is 34.7 Å². The summed E-state index contributed by atoms with van der Waals surface area (Å²) in [5, 5.41) is 0.322. The minimum atomic E-state index is -4.28. The third-order valence-corrected chi connectivity index (χ3v) is 4.58. The maximum absolute atomic E-state index is 12.4. The van der Waals surface area contributed by atoms with Crippen molar-refractivity contribution >= 4 is 29.2 Å². The minimum Gasteiger partial charge on any atom is -0.348 e. The molecule has 1 aliphatic rings. The van der Waals surface area contributed by atoms with Crippen molar-refractivity contribution in [3.8, 4) is 0 Å². The smallest absolute Gasteiger partial charge is 0.348 e. The van der Waals surface area contributed by atoms with Crippen LogP contribution in [0.1, 0.15) is 9.75 Å². The van der Waals surface area contributed by atoms with Gasteiger partial charge in [-0.05, 0) is 30.5 Å². The second kappa shape index (κ2) is 6.30. The Morgan fingerprint density at radius 2 is 2.00 bits per heavy atom. The highest BCUT2D eigenvalue weighted by Crippen LogP contribution is 2.35. The van der Waals surface area contributed by atoms with Crippen LogP contribution in [0.15, 0.2) is 18.2 Å². The van der Waals surface area contributed by atoms with Crippen molar-refractivity contribution in [1.29, 1.82) is 0 Å². The minimum absolute atomic E-state index is 0.322. The molecule has 1 fully saturated rings. The average molecular weight is 310 g/mol. The van der Waals surface area contributed by atoms with Crippen LogP contribution in [-0.2, 0) is 15.7 Å². The van der Waals surface area contributed by atoms with E-state index in [1.165, 1.54) is 6.07 Å². The lowest BCUT2D eigenvalue weighted by molar-refractivity contribution is -0.145. The molecule has 0 radical (unpaired) electrons. The van der Waals surface area contributed by atoms with Gasteiger partial charge >= 0.3 is 6.18 Å². The van der Waals surface area contributed by atoms with Gasteiger partial charge in [0.1, 0.15) is 4.88 Å². The molecular weight excluding hydrogens is 297 g/mol. The van der Waals surface area contributed by atoms with Crippen LogP contribution in [-0.4, -0.2) is 31.0 Å². The van der Waals surface area contributed by atoms with Gasteiger partial charge in [0, 0.05) is 4.88 Å². The molecule has 2 rings (SSSR count). The summed E-state index contributed by atoms with van der Waals surface area (Å²) in [6, 6.07) is 2.52. The molecule has 0 spiro atoms. The van der Waals surface area contributed by atoms with Crippen molar-refractivity contribution in [2.24, 2.45) is 0 Å². The first-order valence-corrected chi connectivity index (χ1v) is 7.70. The third kappa shape index (κ3) is 4.24. The van der Waals surface area contributed by atoms with Crippen molar-refractivity contribution in [1.82, 2.24) is 0 Å². The Labute approximate surface area is 117 Å². The fourth-order valence-electron chi connectivity index (χ4n) is 1.52. The number of thioether (sulfide) groups is 1. The Kier molecular flexibility index (Phi) is 4.94. The maximum atomic E-state index is 12.4. The van der Waals surface area contributed by atoms with E-state index in [1.54, 1.807) is 23.9 Å². The van der Waals surface area contributed by atoms with Gasteiger partial charge in [-0.2, -0.15) is 24.9 Å². The quantitative estimate of drug-likeness (QED) is 0.844. The van der Waals surface area contributed by atoms with E-state index in [4.69, 9.17) is 9.47 Å². The number of rotatable bonds is 3. The van der Waals surface area contributed by atoms with Crippen molar-refractivity contribution < 1.29 is 22.6 Å². The van der Waals surface area contributed by atoms with Gasteiger partial charge in [-0.15, -0.1) is 11.3 Å². The largest absolute Gasteiger partial charge is 0.425 e. The van der Waals surface area contributed by atoms with Crippen LogP contribution in [0.25, 0.3) is 6.08 Å². The zero-order chi connectivity index (χ0) is 13.9. The van der Waals surface area contributed by atoms with Gasteiger partial charge in [-0.3, -0.25) is 0 Å². The lowest BCUT2D eigenvalue weighted by atomic mass is 10.3. The molecule has 1 aromatic heterocycles. The van der Waals surface area contributed by atoms with Gasteiger partial charge in [-0.1, -0.05) is 0 Å². The second-order valence-electron chi connectivity index (χ2n) is 3.95. The molecule has 1 aliphatic heterocycles. The van der Waals surface area contributed by atoms with E-state index in [1.807, 2.05) is 6.26 Å². The number of halogens is 3. The van der Waals surface area contributed by atoms with E-state index < -0.39 is 17.3 Å². The van der Waals surface area contributed by atoms with E-state index in [-0.39, 0.29) is 0 Å². The predicted octanol–water partition coefficient (Wildman–Crippen LogP) is 3.88. The molecule has 106 valence electrons. The fraction of sp³-hybridized carbons (Fsp3) is 0.500. The lowest BCUT2D eigenvalue weighted by Gasteiger charge is -2.26. The predicted molar refractivity (Wildman–Crippen MR) is 71.4 cm³/mol. The van der Waals surface area contributed by atoms with Crippen LogP contribution < -0.4 is 0 Å². The maximum Gasteiger partial charge on any atom is 0.425 e. The van der Waals surface area contributed by atoms with Gasteiger partial charge < -0.3 is 9.47 Å². The number of ether oxygens (including phenoxy) is 2. The zero-order valence-corrected chi connectivity index (χ0v) is 11.8. The Morgan fingerprint density at radius 1 is 1.32 bits per heavy atom. The van der Waals surface area contributed by atoms with Crippen LogP contribution in [0.3, 0.4) is 0 Å². The topological polar surface area (TPSA) is 18.5 Å². The van der Waals surface area contributed by atoms with Crippen molar-refractivity contribution in [2.45, 2.75) is 17.7 Å². The van der Waals surface area contributed by atoms with Gasteiger partial charge in [0.15, 0.2) is 6.29 Å². The molecule has 0 unspecified atom stereocenters. The van der Waals surface area contributed by atoms with Crippen LogP contribution in [0.2, 0.25) is 0 Å². The summed E-state index contributed by atoms with van der Waals surface area (Å²) >= 11 is 2.38. The first-order valence-electron chi connectivity index (χ1n) is 5.60. The van der Waals surface area contributed by atoms with E-state index in [9.17, 15) is 13.2 Å². The molecule has 1 saturated heterocycles. The van der Waals surface area contributed by atoms with Crippen LogP contribution in [0, 0.1) is 0 Å². The molecule has 0 bridgehead atoms. The second-order valence-corrected chi connectivity index (χ2v) is 6.21. The Hall–Kier alpha value is -0.500. The molecule has 1 aromatic rings. The summed E-state index contributed by atoms with van der Waals surface area (Å²) in [4.78, 5) is -0.0633. The fourth-order valence-corrected chi connectivity index (χ4v) is 2.73. The lowest BCUT2D eigenvalue weighted by Crippen LogP contribution is -2.32. The number of hydrogen-bond donors (Lipinski definition) is 0. The molecule has 19 heavy (non-hydrogen) atoms. The molecule has 0 amide bonds. The molecule has 7 heteroatoms.